The number of aliphatic hydroxyl groups excluding tert-OH is 1. The van der Waals surface area contributed by atoms with Gasteiger partial charge in [0.05, 0.1) is 24.4 Å². The maximum atomic E-state index is 11.9. The molecule has 4 heteroatoms. The molecule has 4 nitrogen and oxygen atoms in total. The maximum Gasteiger partial charge on any atom is 0.175 e. The molecule has 6 rings (SSSR count). The van der Waals surface area contributed by atoms with Crippen molar-refractivity contribution in [3.05, 3.63) is 11.6 Å². The summed E-state index contributed by atoms with van der Waals surface area (Å²) in [5.74, 6) is 1.09. The van der Waals surface area contributed by atoms with E-state index in [0.29, 0.717) is 24.2 Å². The Morgan fingerprint density at radius 3 is 2.38 bits per heavy atom. The highest BCUT2D eigenvalue weighted by Crippen LogP contribution is 2.80. The first-order valence-corrected chi connectivity index (χ1v) is 14.1. The first-order valence-electron chi connectivity index (χ1n) is 14.1. The molecule has 192 valence electrons. The van der Waals surface area contributed by atoms with E-state index in [9.17, 15) is 10.2 Å². The minimum absolute atomic E-state index is 0.0236. The highest BCUT2D eigenvalue weighted by Gasteiger charge is 2.80. The van der Waals surface area contributed by atoms with Crippen molar-refractivity contribution in [2.24, 2.45) is 45.3 Å². The first kappa shape index (κ1) is 23.9. The summed E-state index contributed by atoms with van der Waals surface area (Å²) in [4.78, 5) is 0. The molecule has 2 N–H and O–H groups in total. The smallest absolute Gasteiger partial charge is 0.175 e. The van der Waals surface area contributed by atoms with Crippen LogP contribution in [0, 0.1) is 45.3 Å². The molecule has 2 bridgehead atoms. The summed E-state index contributed by atoms with van der Waals surface area (Å²) in [6.45, 7) is 16.9. The molecule has 0 unspecified atom stereocenters. The normalized spacial score (nSPS) is 59.4. The fourth-order valence-electron chi connectivity index (χ4n) is 11.6. The Labute approximate surface area is 206 Å². The van der Waals surface area contributed by atoms with Crippen LogP contribution in [0.3, 0.4) is 0 Å². The summed E-state index contributed by atoms with van der Waals surface area (Å²) in [5.41, 5.74) is 0.962. The lowest BCUT2D eigenvalue weighted by Crippen LogP contribution is -2.67. The number of rotatable bonds is 1. The summed E-state index contributed by atoms with van der Waals surface area (Å²) in [7, 11) is 0. The molecule has 4 saturated carbocycles. The van der Waals surface area contributed by atoms with Gasteiger partial charge in [-0.05, 0) is 93.3 Å². The topological polar surface area (TPSA) is 58.9 Å². The quantitative estimate of drug-likeness (QED) is 0.470. The van der Waals surface area contributed by atoms with Crippen molar-refractivity contribution in [1.29, 1.82) is 0 Å². The van der Waals surface area contributed by atoms with Crippen LogP contribution >= 0.6 is 0 Å². The molecule has 2 aliphatic heterocycles. The molecule has 34 heavy (non-hydrogen) atoms. The number of fused-ring (bicyclic) bond motifs is 4. The molecule has 0 amide bonds. The molecular formula is C30H48O4. The molecule has 4 aliphatic carbocycles. The van der Waals surface area contributed by atoms with Crippen LogP contribution in [0.2, 0.25) is 0 Å². The van der Waals surface area contributed by atoms with Crippen LogP contribution in [-0.4, -0.2) is 40.4 Å². The van der Waals surface area contributed by atoms with E-state index in [1.54, 1.807) is 0 Å². The van der Waals surface area contributed by atoms with Gasteiger partial charge in [0, 0.05) is 24.2 Å². The van der Waals surface area contributed by atoms with Gasteiger partial charge in [0.2, 0.25) is 0 Å². The Morgan fingerprint density at radius 1 is 0.941 bits per heavy atom. The molecule has 6 aliphatic rings. The molecule has 0 aromatic carbocycles. The van der Waals surface area contributed by atoms with Crippen molar-refractivity contribution < 1.29 is 19.7 Å². The van der Waals surface area contributed by atoms with Gasteiger partial charge in [-0.15, -0.1) is 0 Å². The second-order valence-electron chi connectivity index (χ2n) is 15.0. The third kappa shape index (κ3) is 2.70. The van der Waals surface area contributed by atoms with E-state index in [1.807, 2.05) is 0 Å². The SMILES string of the molecule is CC(C)=C[C@H]1C[C@](C)(O)[C@@H]2[C@@H]3CC[C@@H]4[C@@]5(C)CC[C@H](O)C(C)(C)[C@@H]5CC[C@@]4(C)[C@@]34CO[C@@]2(C4)O1. The average Bonchev–Trinajstić information content (AvgIpc) is 3.22. The van der Waals surface area contributed by atoms with Gasteiger partial charge in [-0.25, -0.2) is 0 Å². The Balaban J connectivity index is 1.41. The Bertz CT molecular complexity index is 903. The number of hydrogen-bond donors (Lipinski definition) is 2. The second kappa shape index (κ2) is 6.91. The van der Waals surface area contributed by atoms with E-state index in [0.717, 1.165) is 25.9 Å². The summed E-state index contributed by atoms with van der Waals surface area (Å²) in [6.07, 6.45) is 10.4. The average molecular weight is 473 g/mol. The van der Waals surface area contributed by atoms with E-state index in [2.05, 4.69) is 54.5 Å². The van der Waals surface area contributed by atoms with Crippen LogP contribution in [-0.2, 0) is 9.47 Å². The zero-order chi connectivity index (χ0) is 24.5. The van der Waals surface area contributed by atoms with Crippen molar-refractivity contribution in [3.8, 4) is 0 Å². The van der Waals surface area contributed by atoms with Crippen molar-refractivity contribution in [2.45, 2.75) is 123 Å². The number of aliphatic hydroxyl groups is 2. The van der Waals surface area contributed by atoms with E-state index in [-0.39, 0.29) is 39.8 Å². The number of ether oxygens (including phenoxy) is 2. The molecular weight excluding hydrogens is 424 g/mol. The van der Waals surface area contributed by atoms with Gasteiger partial charge < -0.3 is 19.7 Å². The first-order chi connectivity index (χ1) is 15.7. The fraction of sp³-hybridized carbons (Fsp3) is 0.933. The molecule has 11 atom stereocenters. The standard InChI is InChI=1S/C30H48O4/c1-18(2)14-19-15-28(7,32)24-20-8-9-22-26(5)12-11-23(31)25(3,4)21(26)10-13-27(22,6)29(20)16-30(24,34-19)33-17-29/h14,19-24,31-32H,8-13,15-17H2,1-7H3/t19-,20-,21-,22+,23-,24-,26-,27+,28-,29-,30-/m0/s1. The van der Waals surface area contributed by atoms with Crippen molar-refractivity contribution in [2.75, 3.05) is 6.61 Å². The highest BCUT2D eigenvalue weighted by molar-refractivity contribution is 5.26. The zero-order valence-corrected chi connectivity index (χ0v) is 22.6. The zero-order valence-electron chi connectivity index (χ0n) is 22.6. The van der Waals surface area contributed by atoms with Gasteiger partial charge in [-0.2, -0.15) is 0 Å². The molecule has 0 aromatic heterocycles. The van der Waals surface area contributed by atoms with E-state index < -0.39 is 11.4 Å². The van der Waals surface area contributed by atoms with Crippen LogP contribution in [0.5, 0.6) is 0 Å². The van der Waals surface area contributed by atoms with E-state index in [1.165, 1.54) is 31.3 Å². The molecule has 2 heterocycles. The van der Waals surface area contributed by atoms with Gasteiger partial charge in [-0.3, -0.25) is 0 Å². The molecule has 2 saturated heterocycles. The molecule has 2 spiro atoms. The largest absolute Gasteiger partial charge is 0.393 e. The van der Waals surface area contributed by atoms with Crippen LogP contribution in [0.1, 0.15) is 99.8 Å². The summed E-state index contributed by atoms with van der Waals surface area (Å²) < 4.78 is 13.6. The minimum atomic E-state index is -0.775. The van der Waals surface area contributed by atoms with E-state index in [4.69, 9.17) is 9.47 Å². The summed E-state index contributed by atoms with van der Waals surface area (Å²) >= 11 is 0. The van der Waals surface area contributed by atoms with Crippen LogP contribution < -0.4 is 0 Å². The lowest BCUT2D eigenvalue weighted by atomic mass is 9.35. The van der Waals surface area contributed by atoms with E-state index >= 15 is 0 Å². The van der Waals surface area contributed by atoms with Gasteiger partial charge in [0.25, 0.3) is 0 Å². The van der Waals surface area contributed by atoms with Crippen molar-refractivity contribution >= 4 is 0 Å². The van der Waals surface area contributed by atoms with Crippen LogP contribution in [0.25, 0.3) is 0 Å². The molecule has 0 radical (unpaired) electrons. The highest BCUT2D eigenvalue weighted by atomic mass is 16.7. The fourth-order valence-corrected chi connectivity index (χ4v) is 11.6. The third-order valence-electron chi connectivity index (χ3n) is 12.8. The van der Waals surface area contributed by atoms with Gasteiger partial charge in [0.1, 0.15) is 0 Å². The third-order valence-corrected chi connectivity index (χ3v) is 12.8. The molecule has 0 aromatic rings. The van der Waals surface area contributed by atoms with Gasteiger partial charge in [-0.1, -0.05) is 39.3 Å². The lowest BCUT2D eigenvalue weighted by Gasteiger charge is -2.70. The predicted octanol–water partition coefficient (Wildman–Crippen LogP) is 5.86. The second-order valence-corrected chi connectivity index (χ2v) is 15.0. The van der Waals surface area contributed by atoms with Crippen LogP contribution in [0.15, 0.2) is 11.6 Å². The minimum Gasteiger partial charge on any atom is -0.393 e. The Hall–Kier alpha value is -0.420. The van der Waals surface area contributed by atoms with Crippen molar-refractivity contribution in [3.63, 3.8) is 0 Å². The van der Waals surface area contributed by atoms with Crippen LogP contribution in [0.4, 0.5) is 0 Å². The summed E-state index contributed by atoms with van der Waals surface area (Å²) in [6, 6.07) is 0. The van der Waals surface area contributed by atoms with Gasteiger partial charge >= 0.3 is 0 Å². The Kier molecular flexibility index (Phi) is 4.87. The molecule has 6 fully saturated rings. The van der Waals surface area contributed by atoms with Gasteiger partial charge in [0.15, 0.2) is 5.79 Å². The monoisotopic (exact) mass is 472 g/mol. The summed E-state index contributed by atoms with van der Waals surface area (Å²) in [5, 5.41) is 22.8. The number of hydrogen-bond acceptors (Lipinski definition) is 4. The Morgan fingerprint density at radius 2 is 1.68 bits per heavy atom. The number of allylic oxidation sites excluding steroid dienone is 1. The predicted molar refractivity (Wildman–Crippen MR) is 133 cm³/mol. The van der Waals surface area contributed by atoms with Crippen molar-refractivity contribution in [1.82, 2.24) is 0 Å². The maximum absolute atomic E-state index is 11.9. The lowest BCUT2D eigenvalue weighted by molar-refractivity contribution is -0.340.